The fraction of sp³-hybridized carbons (Fsp3) is 0.0909. The van der Waals surface area contributed by atoms with Crippen molar-refractivity contribution in [3.63, 3.8) is 0 Å². The number of nitrogen functional groups attached to an aromatic ring is 1. The van der Waals surface area contributed by atoms with Gasteiger partial charge in [0.05, 0.1) is 16.8 Å². The van der Waals surface area contributed by atoms with Crippen LogP contribution in [0.15, 0.2) is 53.3 Å². The van der Waals surface area contributed by atoms with Gasteiger partial charge in [-0.1, -0.05) is 18.2 Å². The summed E-state index contributed by atoms with van der Waals surface area (Å²) >= 11 is 0. The fourth-order valence-electron chi connectivity index (χ4n) is 3.41. The molecule has 0 bridgehead atoms. The molecule has 0 saturated heterocycles. The second-order valence-electron chi connectivity index (χ2n) is 7.03. The number of nitrogens with zero attached hydrogens (tertiary/aromatic N) is 1. The van der Waals surface area contributed by atoms with Crippen LogP contribution in [0.5, 0.6) is 0 Å². The van der Waals surface area contributed by atoms with Crippen LogP contribution in [-0.4, -0.2) is 22.3 Å². The highest BCUT2D eigenvalue weighted by molar-refractivity contribution is 6.23. The molecule has 150 valence electrons. The van der Waals surface area contributed by atoms with E-state index in [-0.39, 0.29) is 22.9 Å². The number of aromatic nitrogens is 1. The first-order valence-electron chi connectivity index (χ1n) is 9.17. The summed E-state index contributed by atoms with van der Waals surface area (Å²) in [6, 6.07) is 13.0. The quantitative estimate of drug-likeness (QED) is 0.580. The van der Waals surface area contributed by atoms with Crippen molar-refractivity contribution in [2.24, 2.45) is 0 Å². The highest BCUT2D eigenvalue weighted by Gasteiger charge is 2.31. The third-order valence-corrected chi connectivity index (χ3v) is 5.17. The van der Waals surface area contributed by atoms with E-state index in [2.05, 4.69) is 10.6 Å². The molecule has 3 aromatic rings. The Morgan fingerprint density at radius 1 is 1.00 bits per heavy atom. The van der Waals surface area contributed by atoms with E-state index in [4.69, 9.17) is 5.73 Å². The van der Waals surface area contributed by atoms with Crippen LogP contribution in [0.25, 0.3) is 5.69 Å². The molecule has 8 nitrogen and oxygen atoms in total. The molecule has 2 heterocycles. The molecule has 0 saturated carbocycles. The second kappa shape index (κ2) is 7.00. The number of pyridine rings is 1. The SMILES string of the molecule is Cc1cccc(NC(=O)c2cccc(-n3c(N)c4c(cc3=O)C(=O)NC4=O)c2)c1C. The molecule has 30 heavy (non-hydrogen) atoms. The Labute approximate surface area is 171 Å². The van der Waals surface area contributed by atoms with Crippen LogP contribution in [0.2, 0.25) is 0 Å². The Bertz CT molecular complexity index is 1310. The van der Waals surface area contributed by atoms with Gasteiger partial charge in [0.1, 0.15) is 5.82 Å². The number of aryl methyl sites for hydroxylation is 1. The molecule has 8 heteroatoms. The summed E-state index contributed by atoms with van der Waals surface area (Å²) in [5, 5.41) is 4.98. The minimum absolute atomic E-state index is 0.0511. The van der Waals surface area contributed by atoms with Crippen molar-refractivity contribution in [1.29, 1.82) is 0 Å². The maximum Gasteiger partial charge on any atom is 0.262 e. The van der Waals surface area contributed by atoms with Crippen LogP contribution in [0.3, 0.4) is 0 Å². The number of rotatable bonds is 3. The number of amides is 3. The highest BCUT2D eigenvalue weighted by Crippen LogP contribution is 2.24. The smallest absolute Gasteiger partial charge is 0.262 e. The molecular weight excluding hydrogens is 384 g/mol. The van der Waals surface area contributed by atoms with E-state index in [1.165, 1.54) is 6.07 Å². The van der Waals surface area contributed by atoms with Crippen molar-refractivity contribution in [3.8, 4) is 5.69 Å². The zero-order valence-electron chi connectivity index (χ0n) is 16.3. The topological polar surface area (TPSA) is 123 Å². The zero-order chi connectivity index (χ0) is 21.6. The Kier molecular flexibility index (Phi) is 4.46. The Balaban J connectivity index is 1.75. The van der Waals surface area contributed by atoms with Crippen molar-refractivity contribution in [2.75, 3.05) is 11.1 Å². The van der Waals surface area contributed by atoms with Crippen molar-refractivity contribution < 1.29 is 14.4 Å². The molecule has 4 N–H and O–H groups in total. The average molecular weight is 402 g/mol. The second-order valence-corrected chi connectivity index (χ2v) is 7.03. The molecule has 1 aliphatic rings. The minimum atomic E-state index is -0.662. The number of benzene rings is 2. The molecule has 1 aliphatic heterocycles. The van der Waals surface area contributed by atoms with Crippen LogP contribution in [0.4, 0.5) is 11.5 Å². The molecule has 0 atom stereocenters. The lowest BCUT2D eigenvalue weighted by molar-refractivity contribution is 0.0879. The van der Waals surface area contributed by atoms with Gasteiger partial charge in [0.25, 0.3) is 23.3 Å². The van der Waals surface area contributed by atoms with E-state index >= 15 is 0 Å². The van der Waals surface area contributed by atoms with Gasteiger partial charge in [0, 0.05) is 17.3 Å². The van der Waals surface area contributed by atoms with Gasteiger partial charge in [-0.3, -0.25) is 29.1 Å². The molecule has 4 rings (SSSR count). The van der Waals surface area contributed by atoms with Crippen LogP contribution >= 0.6 is 0 Å². The van der Waals surface area contributed by atoms with Gasteiger partial charge in [0.2, 0.25) is 0 Å². The predicted octanol–water partition coefficient (Wildman–Crippen LogP) is 2.17. The number of nitrogens with one attached hydrogen (secondary N) is 2. The Hall–Kier alpha value is -4.20. The highest BCUT2D eigenvalue weighted by atomic mass is 16.2. The van der Waals surface area contributed by atoms with Gasteiger partial charge in [-0.05, 0) is 49.2 Å². The van der Waals surface area contributed by atoms with Gasteiger partial charge in [-0.15, -0.1) is 0 Å². The van der Waals surface area contributed by atoms with E-state index in [1.54, 1.807) is 18.2 Å². The van der Waals surface area contributed by atoms with Crippen LogP contribution in [0.1, 0.15) is 42.2 Å². The van der Waals surface area contributed by atoms with Crippen LogP contribution in [0, 0.1) is 13.8 Å². The fourth-order valence-corrected chi connectivity index (χ4v) is 3.41. The number of imide groups is 1. The molecule has 0 radical (unpaired) electrons. The van der Waals surface area contributed by atoms with E-state index in [0.717, 1.165) is 21.8 Å². The van der Waals surface area contributed by atoms with Crippen LogP contribution in [-0.2, 0) is 0 Å². The number of carbonyl (C=O) groups excluding carboxylic acids is 3. The van der Waals surface area contributed by atoms with Crippen molar-refractivity contribution in [2.45, 2.75) is 13.8 Å². The molecule has 2 aromatic carbocycles. The maximum absolute atomic E-state index is 12.8. The summed E-state index contributed by atoms with van der Waals surface area (Å²) in [7, 11) is 0. The largest absolute Gasteiger partial charge is 0.384 e. The summed E-state index contributed by atoms with van der Waals surface area (Å²) in [5.41, 5.74) is 8.68. The van der Waals surface area contributed by atoms with Gasteiger partial charge in [0.15, 0.2) is 0 Å². The standard InChI is InChI=1S/C22H18N4O4/c1-11-5-3-8-16(12(11)2)24-20(28)13-6-4-7-14(9-13)26-17(27)10-15-18(19(26)23)22(30)25-21(15)29/h3-10H,23H2,1-2H3,(H,24,28)(H,25,29,30). The van der Waals surface area contributed by atoms with Crippen molar-refractivity contribution in [1.82, 2.24) is 9.88 Å². The van der Waals surface area contributed by atoms with Gasteiger partial charge >= 0.3 is 0 Å². The average Bonchev–Trinajstić information content (AvgIpc) is 2.99. The summed E-state index contributed by atoms with van der Waals surface area (Å²) in [4.78, 5) is 49.2. The zero-order valence-corrected chi connectivity index (χ0v) is 16.3. The Morgan fingerprint density at radius 3 is 2.50 bits per heavy atom. The monoisotopic (exact) mass is 402 g/mol. The number of fused-ring (bicyclic) bond motifs is 1. The third kappa shape index (κ3) is 3.04. The molecule has 0 aliphatic carbocycles. The Morgan fingerprint density at radius 2 is 1.73 bits per heavy atom. The number of hydrogen-bond acceptors (Lipinski definition) is 5. The van der Waals surface area contributed by atoms with Gasteiger partial charge < -0.3 is 11.1 Å². The molecule has 0 fully saturated rings. The van der Waals surface area contributed by atoms with Gasteiger partial charge in [-0.25, -0.2) is 0 Å². The number of anilines is 2. The normalized spacial score (nSPS) is 12.5. The first-order valence-corrected chi connectivity index (χ1v) is 9.17. The molecule has 0 spiro atoms. The molecule has 3 amide bonds. The van der Waals surface area contributed by atoms with Gasteiger partial charge in [-0.2, -0.15) is 0 Å². The summed E-state index contributed by atoms with van der Waals surface area (Å²) in [5.74, 6) is -1.84. The first-order chi connectivity index (χ1) is 14.3. The van der Waals surface area contributed by atoms with E-state index in [0.29, 0.717) is 16.9 Å². The maximum atomic E-state index is 12.8. The summed E-state index contributed by atoms with van der Waals surface area (Å²) in [6.07, 6.45) is 0. The van der Waals surface area contributed by atoms with E-state index in [9.17, 15) is 19.2 Å². The van der Waals surface area contributed by atoms with Crippen molar-refractivity contribution >= 4 is 29.2 Å². The number of nitrogens with two attached hydrogens (primary N) is 1. The summed E-state index contributed by atoms with van der Waals surface area (Å²) in [6.45, 7) is 3.87. The summed E-state index contributed by atoms with van der Waals surface area (Å²) < 4.78 is 1.10. The predicted molar refractivity (Wildman–Crippen MR) is 112 cm³/mol. The van der Waals surface area contributed by atoms with E-state index < -0.39 is 17.4 Å². The minimum Gasteiger partial charge on any atom is -0.384 e. The molecule has 1 aromatic heterocycles. The molecule has 0 unspecified atom stereocenters. The molecular formula is C22H18N4O4. The van der Waals surface area contributed by atoms with Crippen LogP contribution < -0.4 is 21.9 Å². The lowest BCUT2D eigenvalue weighted by Gasteiger charge is -2.14. The van der Waals surface area contributed by atoms with Crippen molar-refractivity contribution in [3.05, 3.63) is 86.7 Å². The number of carbonyl (C=O) groups is 3. The first kappa shape index (κ1) is 19.1. The van der Waals surface area contributed by atoms with E-state index in [1.807, 2.05) is 32.0 Å². The third-order valence-electron chi connectivity index (χ3n) is 5.17. The number of hydrogen-bond donors (Lipinski definition) is 3. The lowest BCUT2D eigenvalue weighted by atomic mass is 10.1. The lowest BCUT2D eigenvalue weighted by Crippen LogP contribution is -2.24.